The largest absolute Gasteiger partial charge is 0.218 e. The molecule has 2 aromatic rings. The van der Waals surface area contributed by atoms with Gasteiger partial charge in [0.2, 0.25) is 0 Å². The van der Waals surface area contributed by atoms with Gasteiger partial charge in [-0.15, -0.1) is 0 Å². The van der Waals surface area contributed by atoms with Crippen LogP contribution in [0.3, 0.4) is 0 Å². The molecule has 0 unspecified atom stereocenters. The smallest absolute Gasteiger partial charge is 0.163 e. The maximum atomic E-state index is 5.77. The Bertz CT molecular complexity index is 467. The Morgan fingerprint density at radius 2 is 2.36 bits per heavy atom. The Labute approximate surface area is 94.9 Å². The number of halogens is 2. The van der Waals surface area contributed by atoms with Crippen molar-refractivity contribution in [1.82, 2.24) is 14.8 Å². The normalized spacial score (nSPS) is 10.5. The molecule has 0 N–H and O–H groups in total. The monoisotopic (exact) mass is 270 g/mol. The Kier molecular flexibility index (Phi) is 2.56. The Hall–Kier alpha value is -0.870. The third kappa shape index (κ3) is 1.81. The first-order valence-electron chi connectivity index (χ1n) is 3.93. The van der Waals surface area contributed by atoms with Gasteiger partial charge < -0.3 is 0 Å². The lowest BCUT2D eigenvalue weighted by Gasteiger charge is -2.01. The van der Waals surface area contributed by atoms with Gasteiger partial charge in [-0.05, 0) is 41.1 Å². The van der Waals surface area contributed by atoms with E-state index in [1.54, 1.807) is 16.8 Å². The van der Waals surface area contributed by atoms with Crippen molar-refractivity contribution < 1.29 is 0 Å². The molecule has 0 aliphatic rings. The molecule has 0 aliphatic heterocycles. The molecule has 0 bridgehead atoms. The summed E-state index contributed by atoms with van der Waals surface area (Å²) < 4.78 is 2.45. The summed E-state index contributed by atoms with van der Waals surface area (Å²) in [5, 5.41) is 4.64. The predicted octanol–water partition coefficient (Wildman–Crippen LogP) is 2.79. The van der Waals surface area contributed by atoms with Crippen molar-refractivity contribution in [2.75, 3.05) is 0 Å². The molecule has 0 atom stereocenters. The van der Waals surface area contributed by atoms with Gasteiger partial charge in [-0.1, -0.05) is 11.6 Å². The van der Waals surface area contributed by atoms with Crippen LogP contribution in [0.15, 0.2) is 22.8 Å². The fourth-order valence-corrected chi connectivity index (χ4v) is 1.75. The summed E-state index contributed by atoms with van der Waals surface area (Å²) in [6.45, 7) is 1.94. The van der Waals surface area contributed by atoms with Gasteiger partial charge in [-0.3, -0.25) is 0 Å². The molecule has 2 aromatic heterocycles. The van der Waals surface area contributed by atoms with E-state index in [0.29, 0.717) is 11.0 Å². The van der Waals surface area contributed by atoms with E-state index in [4.69, 9.17) is 11.6 Å². The van der Waals surface area contributed by atoms with E-state index >= 15 is 0 Å². The summed E-state index contributed by atoms with van der Waals surface area (Å²) in [5.41, 5.74) is 0.975. The van der Waals surface area contributed by atoms with Crippen molar-refractivity contribution in [1.29, 1.82) is 0 Å². The van der Waals surface area contributed by atoms with E-state index in [9.17, 15) is 0 Å². The molecular formula is C9H6BrClN3. The van der Waals surface area contributed by atoms with Crippen LogP contribution in [0.2, 0.25) is 5.15 Å². The van der Waals surface area contributed by atoms with E-state index in [1.165, 1.54) is 0 Å². The van der Waals surface area contributed by atoms with Gasteiger partial charge >= 0.3 is 0 Å². The van der Waals surface area contributed by atoms with Crippen LogP contribution in [-0.2, 0) is 0 Å². The minimum Gasteiger partial charge on any atom is -0.218 e. The van der Waals surface area contributed by atoms with Gasteiger partial charge in [-0.25, -0.2) is 9.67 Å². The molecule has 2 rings (SSSR count). The van der Waals surface area contributed by atoms with E-state index in [1.807, 2.05) is 13.0 Å². The van der Waals surface area contributed by atoms with Gasteiger partial charge in [0.25, 0.3) is 0 Å². The van der Waals surface area contributed by atoms with Gasteiger partial charge in [0.15, 0.2) is 5.82 Å². The van der Waals surface area contributed by atoms with Crippen LogP contribution in [0.25, 0.3) is 5.82 Å². The van der Waals surface area contributed by atoms with Crippen molar-refractivity contribution in [3.05, 3.63) is 39.7 Å². The third-order valence-corrected chi connectivity index (χ3v) is 2.30. The highest BCUT2D eigenvalue weighted by Crippen LogP contribution is 2.15. The number of aromatic nitrogens is 3. The maximum Gasteiger partial charge on any atom is 0.163 e. The van der Waals surface area contributed by atoms with Crippen LogP contribution in [0.5, 0.6) is 0 Å². The summed E-state index contributed by atoms with van der Waals surface area (Å²) in [6, 6.07) is 8.26. The highest BCUT2D eigenvalue weighted by molar-refractivity contribution is 9.10. The average molecular weight is 272 g/mol. The van der Waals surface area contributed by atoms with Crippen LogP contribution < -0.4 is 0 Å². The number of hydrogen-bond acceptors (Lipinski definition) is 2. The minimum absolute atomic E-state index is 0.435. The van der Waals surface area contributed by atoms with Gasteiger partial charge in [-0.2, -0.15) is 5.10 Å². The molecule has 2 heterocycles. The van der Waals surface area contributed by atoms with E-state index in [0.717, 1.165) is 10.3 Å². The molecule has 0 saturated heterocycles. The van der Waals surface area contributed by atoms with Crippen LogP contribution in [0.4, 0.5) is 0 Å². The fourth-order valence-electron chi connectivity index (χ4n) is 1.12. The first kappa shape index (κ1) is 9.68. The van der Waals surface area contributed by atoms with Crippen LogP contribution in [-0.4, -0.2) is 14.8 Å². The molecule has 5 heteroatoms. The van der Waals surface area contributed by atoms with Crippen LogP contribution in [0.1, 0.15) is 5.69 Å². The second-order valence-corrected chi connectivity index (χ2v) is 3.96. The molecule has 0 spiro atoms. The van der Waals surface area contributed by atoms with Crippen LogP contribution >= 0.6 is 27.5 Å². The average Bonchev–Trinajstić information content (AvgIpc) is 2.45. The standard InChI is InChI=1S/C9H6BrClN3/c1-6-5-7(10)13-14(6)9-4-2-3-8(11)12-9/h2-3,5H,1H3. The minimum atomic E-state index is 0.435. The summed E-state index contributed by atoms with van der Waals surface area (Å²) in [4.78, 5) is 4.11. The molecule has 14 heavy (non-hydrogen) atoms. The summed E-state index contributed by atoms with van der Waals surface area (Å²) in [5.74, 6) is 0.598. The first-order valence-corrected chi connectivity index (χ1v) is 5.10. The van der Waals surface area contributed by atoms with Crippen molar-refractivity contribution in [2.45, 2.75) is 6.92 Å². The topological polar surface area (TPSA) is 30.7 Å². The second kappa shape index (κ2) is 3.71. The zero-order chi connectivity index (χ0) is 10.1. The SMILES string of the molecule is Cc1cc(Br)nn1-c1[c]ccc(Cl)n1. The zero-order valence-electron chi connectivity index (χ0n) is 7.33. The van der Waals surface area contributed by atoms with Gasteiger partial charge in [0.1, 0.15) is 9.76 Å². The Morgan fingerprint density at radius 1 is 1.57 bits per heavy atom. The highest BCUT2D eigenvalue weighted by atomic mass is 79.9. The lowest BCUT2D eigenvalue weighted by molar-refractivity contribution is 0.809. The molecule has 0 amide bonds. The predicted molar refractivity (Wildman–Crippen MR) is 57.6 cm³/mol. The lowest BCUT2D eigenvalue weighted by Crippen LogP contribution is -2.01. The van der Waals surface area contributed by atoms with Crippen molar-refractivity contribution >= 4 is 27.5 Å². The molecule has 1 radical (unpaired) electrons. The van der Waals surface area contributed by atoms with Crippen molar-refractivity contribution in [2.24, 2.45) is 0 Å². The Balaban J connectivity index is 2.54. The van der Waals surface area contributed by atoms with Gasteiger partial charge in [0, 0.05) is 11.8 Å². The van der Waals surface area contributed by atoms with Crippen molar-refractivity contribution in [3.63, 3.8) is 0 Å². The van der Waals surface area contributed by atoms with E-state index in [2.05, 4.69) is 32.1 Å². The summed E-state index contributed by atoms with van der Waals surface area (Å²) in [6.07, 6.45) is 0. The highest BCUT2D eigenvalue weighted by Gasteiger charge is 2.05. The van der Waals surface area contributed by atoms with Crippen LogP contribution in [0, 0.1) is 13.0 Å². The van der Waals surface area contributed by atoms with Crippen molar-refractivity contribution in [3.8, 4) is 5.82 Å². The first-order chi connectivity index (χ1) is 6.66. The molecular weight excluding hydrogens is 265 g/mol. The Morgan fingerprint density at radius 3 is 2.93 bits per heavy atom. The summed E-state index contributed by atoms with van der Waals surface area (Å²) >= 11 is 9.06. The van der Waals surface area contributed by atoms with E-state index in [-0.39, 0.29) is 0 Å². The van der Waals surface area contributed by atoms with Gasteiger partial charge in [0.05, 0.1) is 0 Å². The zero-order valence-corrected chi connectivity index (χ0v) is 9.67. The fraction of sp³-hybridized carbons (Fsp3) is 0.111. The molecule has 0 aromatic carbocycles. The molecule has 0 saturated carbocycles. The number of rotatable bonds is 1. The summed E-state index contributed by atoms with van der Waals surface area (Å²) in [7, 11) is 0. The van der Waals surface area contributed by atoms with E-state index < -0.39 is 0 Å². The second-order valence-electron chi connectivity index (χ2n) is 2.76. The number of nitrogens with zero attached hydrogens (tertiary/aromatic N) is 3. The number of pyridine rings is 1. The maximum absolute atomic E-state index is 5.77. The molecule has 71 valence electrons. The molecule has 0 aliphatic carbocycles. The molecule has 3 nitrogen and oxygen atoms in total. The number of aryl methyl sites for hydroxylation is 1. The quantitative estimate of drug-likeness (QED) is 0.747. The lowest BCUT2D eigenvalue weighted by atomic mass is 10.4. The number of hydrogen-bond donors (Lipinski definition) is 0. The molecule has 0 fully saturated rings. The third-order valence-electron chi connectivity index (χ3n) is 1.70.